The van der Waals surface area contributed by atoms with Gasteiger partial charge in [0.15, 0.2) is 5.11 Å². The van der Waals surface area contributed by atoms with E-state index in [2.05, 4.69) is 16.0 Å². The predicted octanol–water partition coefficient (Wildman–Crippen LogP) is 4.13. The zero-order valence-corrected chi connectivity index (χ0v) is 17.8. The van der Waals surface area contributed by atoms with Gasteiger partial charge in [0.05, 0.1) is 6.10 Å². The van der Waals surface area contributed by atoms with Gasteiger partial charge in [-0.1, -0.05) is 26.0 Å². The molecule has 0 aliphatic carbocycles. The van der Waals surface area contributed by atoms with Crippen LogP contribution in [0.2, 0.25) is 0 Å². The molecule has 0 bridgehead atoms. The van der Waals surface area contributed by atoms with Crippen LogP contribution in [0.5, 0.6) is 5.75 Å². The average Bonchev–Trinajstić information content (AvgIpc) is 2.72. The number of ether oxygens (including phenoxy) is 1. The van der Waals surface area contributed by atoms with Crippen LogP contribution >= 0.6 is 12.2 Å². The maximum Gasteiger partial charge on any atom is 0.257 e. The SMILES string of the molecule is CCCNC(=O)c1cccc(NC(=S)NC(=O)c2cccc(OC(C)CC)c2)c1. The minimum Gasteiger partial charge on any atom is -0.491 e. The van der Waals surface area contributed by atoms with E-state index >= 15 is 0 Å². The van der Waals surface area contributed by atoms with Crippen LogP contribution in [0.3, 0.4) is 0 Å². The van der Waals surface area contributed by atoms with Crippen LogP contribution < -0.4 is 20.7 Å². The molecule has 1 atom stereocenters. The maximum atomic E-state index is 12.5. The summed E-state index contributed by atoms with van der Waals surface area (Å²) in [5.41, 5.74) is 1.59. The number of amides is 2. The fourth-order valence-corrected chi connectivity index (χ4v) is 2.65. The van der Waals surface area contributed by atoms with E-state index in [0.29, 0.717) is 29.1 Å². The lowest BCUT2D eigenvalue weighted by Gasteiger charge is -2.14. The third kappa shape index (κ3) is 7.19. The van der Waals surface area contributed by atoms with Crippen LogP contribution in [-0.4, -0.2) is 29.6 Å². The summed E-state index contributed by atoms with van der Waals surface area (Å²) in [6, 6.07) is 13.9. The second-order valence-electron chi connectivity index (χ2n) is 6.61. The summed E-state index contributed by atoms with van der Waals surface area (Å²) >= 11 is 5.24. The van der Waals surface area contributed by atoms with E-state index in [-0.39, 0.29) is 23.0 Å². The number of anilines is 1. The minimum atomic E-state index is -0.339. The predicted molar refractivity (Wildman–Crippen MR) is 120 cm³/mol. The lowest BCUT2D eigenvalue weighted by Crippen LogP contribution is -2.34. The molecule has 154 valence electrons. The molecular weight excluding hydrogens is 386 g/mol. The summed E-state index contributed by atoms with van der Waals surface area (Å²) in [6.07, 6.45) is 1.81. The van der Waals surface area contributed by atoms with E-state index in [0.717, 1.165) is 12.8 Å². The van der Waals surface area contributed by atoms with E-state index in [9.17, 15) is 9.59 Å². The molecule has 0 heterocycles. The number of hydrogen-bond acceptors (Lipinski definition) is 4. The van der Waals surface area contributed by atoms with Crippen molar-refractivity contribution in [1.82, 2.24) is 10.6 Å². The van der Waals surface area contributed by atoms with Gasteiger partial charge in [-0.25, -0.2) is 0 Å². The smallest absolute Gasteiger partial charge is 0.257 e. The van der Waals surface area contributed by atoms with Gasteiger partial charge in [0, 0.05) is 23.4 Å². The lowest BCUT2D eigenvalue weighted by molar-refractivity contribution is 0.0951. The third-order valence-electron chi connectivity index (χ3n) is 4.15. The molecule has 2 rings (SSSR count). The van der Waals surface area contributed by atoms with Crippen LogP contribution in [0.15, 0.2) is 48.5 Å². The monoisotopic (exact) mass is 413 g/mol. The van der Waals surface area contributed by atoms with Crippen molar-refractivity contribution in [3.8, 4) is 5.75 Å². The van der Waals surface area contributed by atoms with Gasteiger partial charge in [-0.15, -0.1) is 0 Å². The second kappa shape index (κ2) is 11.2. The molecule has 2 aromatic rings. The van der Waals surface area contributed by atoms with Gasteiger partial charge in [-0.3, -0.25) is 14.9 Å². The largest absolute Gasteiger partial charge is 0.491 e. The quantitative estimate of drug-likeness (QED) is 0.567. The van der Waals surface area contributed by atoms with Gasteiger partial charge in [-0.05, 0) is 68.4 Å². The number of benzene rings is 2. The highest BCUT2D eigenvalue weighted by Gasteiger charge is 2.11. The molecule has 0 saturated carbocycles. The summed E-state index contributed by atoms with van der Waals surface area (Å²) in [7, 11) is 0. The number of rotatable bonds is 8. The van der Waals surface area contributed by atoms with Crippen molar-refractivity contribution in [2.75, 3.05) is 11.9 Å². The van der Waals surface area contributed by atoms with Gasteiger partial charge in [0.1, 0.15) is 5.75 Å². The Balaban J connectivity index is 1.98. The number of hydrogen-bond donors (Lipinski definition) is 3. The Morgan fingerprint density at radius 2 is 1.72 bits per heavy atom. The van der Waals surface area contributed by atoms with Gasteiger partial charge >= 0.3 is 0 Å². The Morgan fingerprint density at radius 1 is 1.03 bits per heavy atom. The van der Waals surface area contributed by atoms with Gasteiger partial charge in [0.25, 0.3) is 11.8 Å². The first-order valence-electron chi connectivity index (χ1n) is 9.70. The van der Waals surface area contributed by atoms with Gasteiger partial charge in [-0.2, -0.15) is 0 Å². The highest BCUT2D eigenvalue weighted by atomic mass is 32.1. The number of carbonyl (C=O) groups excluding carboxylic acids is 2. The molecule has 0 aliphatic heterocycles. The summed E-state index contributed by atoms with van der Waals surface area (Å²) in [6.45, 7) is 6.62. The fourth-order valence-electron chi connectivity index (χ4n) is 2.44. The van der Waals surface area contributed by atoms with Crippen LogP contribution in [0, 0.1) is 0 Å². The van der Waals surface area contributed by atoms with Crippen LogP contribution in [-0.2, 0) is 0 Å². The summed E-state index contributed by atoms with van der Waals surface area (Å²) in [5, 5.41) is 8.56. The molecule has 1 unspecified atom stereocenters. The fraction of sp³-hybridized carbons (Fsp3) is 0.318. The second-order valence-corrected chi connectivity index (χ2v) is 7.02. The van der Waals surface area contributed by atoms with Crippen molar-refractivity contribution in [1.29, 1.82) is 0 Å². The third-order valence-corrected chi connectivity index (χ3v) is 4.36. The Hall–Kier alpha value is -2.93. The number of thiocarbonyl (C=S) groups is 1. The van der Waals surface area contributed by atoms with Gasteiger partial charge < -0.3 is 15.4 Å². The summed E-state index contributed by atoms with van der Waals surface area (Å²) in [5.74, 6) is 0.147. The van der Waals surface area contributed by atoms with E-state index in [4.69, 9.17) is 17.0 Å². The topological polar surface area (TPSA) is 79.5 Å². The Labute approximate surface area is 177 Å². The zero-order chi connectivity index (χ0) is 21.2. The summed E-state index contributed by atoms with van der Waals surface area (Å²) in [4.78, 5) is 24.6. The lowest BCUT2D eigenvalue weighted by atomic mass is 10.2. The molecule has 29 heavy (non-hydrogen) atoms. The molecule has 3 N–H and O–H groups in total. The normalized spacial score (nSPS) is 11.3. The van der Waals surface area contributed by atoms with Crippen molar-refractivity contribution >= 4 is 34.8 Å². The molecule has 0 radical (unpaired) electrons. The Bertz CT molecular complexity index is 870. The molecule has 0 spiro atoms. The van der Waals surface area contributed by atoms with Crippen molar-refractivity contribution in [3.63, 3.8) is 0 Å². The Kier molecular flexibility index (Phi) is 8.61. The average molecular weight is 414 g/mol. The Morgan fingerprint density at radius 3 is 2.41 bits per heavy atom. The molecule has 6 nitrogen and oxygen atoms in total. The van der Waals surface area contributed by atoms with E-state index in [1.165, 1.54) is 0 Å². The standard InChI is InChI=1S/C22H27N3O3S/c1-4-12-23-20(26)16-8-6-10-18(13-16)24-22(29)25-21(27)17-9-7-11-19(14-17)28-15(3)5-2/h6-11,13-15H,4-5,12H2,1-3H3,(H,23,26)(H2,24,25,27,29). The molecule has 0 aromatic heterocycles. The van der Waals surface area contributed by atoms with Crippen molar-refractivity contribution in [3.05, 3.63) is 59.7 Å². The van der Waals surface area contributed by atoms with Crippen LogP contribution in [0.4, 0.5) is 5.69 Å². The zero-order valence-electron chi connectivity index (χ0n) is 17.0. The number of nitrogens with one attached hydrogen (secondary N) is 3. The van der Waals surface area contributed by atoms with Gasteiger partial charge in [0.2, 0.25) is 0 Å². The summed E-state index contributed by atoms with van der Waals surface area (Å²) < 4.78 is 5.75. The first kappa shape index (κ1) is 22.4. The molecule has 7 heteroatoms. The van der Waals surface area contributed by atoms with Crippen LogP contribution in [0.25, 0.3) is 0 Å². The van der Waals surface area contributed by atoms with E-state index in [1.807, 2.05) is 26.8 Å². The number of carbonyl (C=O) groups is 2. The molecule has 2 amide bonds. The van der Waals surface area contributed by atoms with Crippen LogP contribution in [0.1, 0.15) is 54.3 Å². The molecule has 0 fully saturated rings. The first-order valence-corrected chi connectivity index (χ1v) is 10.1. The first-order chi connectivity index (χ1) is 13.9. The van der Waals surface area contributed by atoms with Crippen molar-refractivity contribution < 1.29 is 14.3 Å². The van der Waals surface area contributed by atoms with Crippen molar-refractivity contribution in [2.24, 2.45) is 0 Å². The molecule has 0 aliphatic rings. The molecule has 0 saturated heterocycles. The van der Waals surface area contributed by atoms with E-state index in [1.54, 1.807) is 42.5 Å². The van der Waals surface area contributed by atoms with Crippen molar-refractivity contribution in [2.45, 2.75) is 39.7 Å². The highest BCUT2D eigenvalue weighted by molar-refractivity contribution is 7.80. The maximum absolute atomic E-state index is 12.5. The minimum absolute atomic E-state index is 0.0675. The highest BCUT2D eigenvalue weighted by Crippen LogP contribution is 2.16. The molecule has 2 aromatic carbocycles. The van der Waals surface area contributed by atoms with E-state index < -0.39 is 0 Å². The molecular formula is C22H27N3O3S.